The van der Waals surface area contributed by atoms with Crippen molar-refractivity contribution in [3.63, 3.8) is 0 Å². The standard InChI is InChI=1S/C16H21N3/c1-11(2)19(10-12-3-4-12)16-6-5-15(17)13-7-8-18-9-14(13)16/h5-9,11-12H,3-4,10,17H2,1-2H3. The average Bonchev–Trinajstić information content (AvgIpc) is 3.21. The topological polar surface area (TPSA) is 42.1 Å². The number of pyridine rings is 1. The number of anilines is 2. The van der Waals surface area contributed by atoms with Crippen molar-refractivity contribution in [2.75, 3.05) is 17.2 Å². The van der Waals surface area contributed by atoms with Gasteiger partial charge in [0, 0.05) is 47.1 Å². The van der Waals surface area contributed by atoms with E-state index in [4.69, 9.17) is 5.73 Å². The Kier molecular flexibility index (Phi) is 3.05. The molecule has 0 atom stereocenters. The molecule has 0 amide bonds. The molecule has 1 fully saturated rings. The summed E-state index contributed by atoms with van der Waals surface area (Å²) in [4.78, 5) is 6.76. The molecule has 0 bridgehead atoms. The lowest BCUT2D eigenvalue weighted by Gasteiger charge is -2.30. The van der Waals surface area contributed by atoms with Crippen molar-refractivity contribution in [2.24, 2.45) is 5.92 Å². The van der Waals surface area contributed by atoms with Crippen molar-refractivity contribution in [3.8, 4) is 0 Å². The summed E-state index contributed by atoms with van der Waals surface area (Å²) in [5.41, 5.74) is 8.16. The van der Waals surface area contributed by atoms with Gasteiger partial charge in [-0.2, -0.15) is 0 Å². The summed E-state index contributed by atoms with van der Waals surface area (Å²) < 4.78 is 0. The molecule has 0 unspecified atom stereocenters. The maximum absolute atomic E-state index is 6.07. The summed E-state index contributed by atoms with van der Waals surface area (Å²) in [7, 11) is 0. The third kappa shape index (κ3) is 2.37. The van der Waals surface area contributed by atoms with E-state index in [-0.39, 0.29) is 0 Å². The average molecular weight is 255 g/mol. The predicted octanol–water partition coefficient (Wildman–Crippen LogP) is 3.44. The molecule has 2 aromatic rings. The summed E-state index contributed by atoms with van der Waals surface area (Å²) in [6, 6.07) is 6.65. The quantitative estimate of drug-likeness (QED) is 0.851. The number of nitrogen functional groups attached to an aromatic ring is 1. The summed E-state index contributed by atoms with van der Waals surface area (Å²) in [5.74, 6) is 0.867. The van der Waals surface area contributed by atoms with E-state index in [0.717, 1.165) is 28.9 Å². The monoisotopic (exact) mass is 255 g/mol. The van der Waals surface area contributed by atoms with E-state index in [1.54, 1.807) is 0 Å². The molecular weight excluding hydrogens is 234 g/mol. The molecule has 1 aromatic heterocycles. The molecule has 1 saturated carbocycles. The Morgan fingerprint density at radius 1 is 1.26 bits per heavy atom. The van der Waals surface area contributed by atoms with E-state index >= 15 is 0 Å². The Hall–Kier alpha value is -1.77. The Labute approximate surface area is 114 Å². The molecule has 3 nitrogen and oxygen atoms in total. The van der Waals surface area contributed by atoms with E-state index in [0.29, 0.717) is 6.04 Å². The first kappa shape index (κ1) is 12.3. The van der Waals surface area contributed by atoms with Gasteiger partial charge in [0.15, 0.2) is 0 Å². The summed E-state index contributed by atoms with van der Waals surface area (Å²) in [5, 5.41) is 2.27. The van der Waals surface area contributed by atoms with Crippen LogP contribution >= 0.6 is 0 Å². The van der Waals surface area contributed by atoms with Gasteiger partial charge in [0.25, 0.3) is 0 Å². The maximum Gasteiger partial charge on any atom is 0.0465 e. The smallest absolute Gasteiger partial charge is 0.0465 e. The van der Waals surface area contributed by atoms with Gasteiger partial charge in [0.05, 0.1) is 0 Å². The number of fused-ring (bicyclic) bond motifs is 1. The lowest BCUT2D eigenvalue weighted by Crippen LogP contribution is -2.32. The van der Waals surface area contributed by atoms with E-state index in [1.807, 2.05) is 24.5 Å². The van der Waals surface area contributed by atoms with Gasteiger partial charge >= 0.3 is 0 Å². The molecule has 19 heavy (non-hydrogen) atoms. The molecule has 1 aliphatic carbocycles. The highest BCUT2D eigenvalue weighted by Crippen LogP contribution is 2.36. The van der Waals surface area contributed by atoms with Gasteiger partial charge in [-0.25, -0.2) is 0 Å². The van der Waals surface area contributed by atoms with Crippen LogP contribution in [0.2, 0.25) is 0 Å². The van der Waals surface area contributed by atoms with Gasteiger partial charge in [-0.05, 0) is 50.8 Å². The number of nitrogens with zero attached hydrogens (tertiary/aromatic N) is 2. The van der Waals surface area contributed by atoms with Gasteiger partial charge in [0.2, 0.25) is 0 Å². The van der Waals surface area contributed by atoms with Crippen molar-refractivity contribution in [2.45, 2.75) is 32.7 Å². The molecule has 1 aromatic carbocycles. The van der Waals surface area contributed by atoms with E-state index < -0.39 is 0 Å². The highest BCUT2D eigenvalue weighted by atomic mass is 15.2. The van der Waals surface area contributed by atoms with Crippen LogP contribution in [0.3, 0.4) is 0 Å². The lowest BCUT2D eigenvalue weighted by atomic mass is 10.1. The fourth-order valence-electron chi connectivity index (χ4n) is 2.61. The molecule has 100 valence electrons. The van der Waals surface area contributed by atoms with E-state index in [2.05, 4.69) is 29.8 Å². The zero-order valence-electron chi connectivity index (χ0n) is 11.6. The Morgan fingerprint density at radius 2 is 2.05 bits per heavy atom. The van der Waals surface area contributed by atoms with Crippen LogP contribution in [-0.4, -0.2) is 17.6 Å². The first-order chi connectivity index (χ1) is 9.16. The van der Waals surface area contributed by atoms with Gasteiger partial charge < -0.3 is 10.6 Å². The van der Waals surface area contributed by atoms with Crippen molar-refractivity contribution >= 4 is 22.1 Å². The number of benzene rings is 1. The number of hydrogen-bond donors (Lipinski definition) is 1. The van der Waals surface area contributed by atoms with Crippen LogP contribution in [0.25, 0.3) is 10.8 Å². The third-order valence-electron chi connectivity index (χ3n) is 3.91. The number of hydrogen-bond acceptors (Lipinski definition) is 3. The lowest BCUT2D eigenvalue weighted by molar-refractivity contribution is 0.647. The SMILES string of the molecule is CC(C)N(CC1CC1)c1ccc(N)c2ccncc12. The van der Waals surface area contributed by atoms with Crippen LogP contribution in [-0.2, 0) is 0 Å². The van der Waals surface area contributed by atoms with Crippen molar-refractivity contribution in [1.82, 2.24) is 4.98 Å². The Bertz CT molecular complexity index is 588. The molecular formula is C16H21N3. The third-order valence-corrected chi connectivity index (χ3v) is 3.91. The first-order valence-corrected chi connectivity index (χ1v) is 7.05. The van der Waals surface area contributed by atoms with Gasteiger partial charge in [-0.1, -0.05) is 0 Å². The van der Waals surface area contributed by atoms with Crippen molar-refractivity contribution in [3.05, 3.63) is 30.6 Å². The van der Waals surface area contributed by atoms with Crippen molar-refractivity contribution in [1.29, 1.82) is 0 Å². The molecule has 3 rings (SSSR count). The second kappa shape index (κ2) is 4.72. The van der Waals surface area contributed by atoms with E-state index in [9.17, 15) is 0 Å². The molecule has 0 saturated heterocycles. The molecule has 1 aliphatic rings. The minimum atomic E-state index is 0.493. The number of aromatic nitrogens is 1. The van der Waals surface area contributed by atoms with Gasteiger partial charge in [-0.15, -0.1) is 0 Å². The first-order valence-electron chi connectivity index (χ1n) is 7.05. The minimum Gasteiger partial charge on any atom is -0.398 e. The molecule has 0 spiro atoms. The Balaban J connectivity index is 2.09. The molecule has 3 heteroatoms. The zero-order chi connectivity index (χ0) is 13.4. The molecule has 0 aliphatic heterocycles. The van der Waals surface area contributed by atoms with Gasteiger partial charge in [0.1, 0.15) is 0 Å². The summed E-state index contributed by atoms with van der Waals surface area (Å²) in [6.07, 6.45) is 6.48. The maximum atomic E-state index is 6.07. The summed E-state index contributed by atoms with van der Waals surface area (Å²) in [6.45, 7) is 5.65. The normalized spacial score (nSPS) is 15.1. The number of nitrogens with two attached hydrogens (primary N) is 1. The highest BCUT2D eigenvalue weighted by Gasteiger charge is 2.26. The Morgan fingerprint density at radius 3 is 2.74 bits per heavy atom. The molecule has 0 radical (unpaired) electrons. The molecule has 1 heterocycles. The number of rotatable bonds is 4. The van der Waals surface area contributed by atoms with Crippen LogP contribution in [0, 0.1) is 5.92 Å². The second-order valence-corrected chi connectivity index (χ2v) is 5.78. The van der Waals surface area contributed by atoms with Crippen LogP contribution in [0.5, 0.6) is 0 Å². The summed E-state index contributed by atoms with van der Waals surface area (Å²) >= 11 is 0. The zero-order valence-corrected chi connectivity index (χ0v) is 11.6. The van der Waals surface area contributed by atoms with Crippen molar-refractivity contribution < 1.29 is 0 Å². The molecule has 2 N–H and O–H groups in total. The van der Waals surface area contributed by atoms with Crippen LogP contribution in [0.15, 0.2) is 30.6 Å². The van der Waals surface area contributed by atoms with Crippen LogP contribution in [0.4, 0.5) is 11.4 Å². The van der Waals surface area contributed by atoms with Crippen LogP contribution < -0.4 is 10.6 Å². The second-order valence-electron chi connectivity index (χ2n) is 5.78. The highest BCUT2D eigenvalue weighted by molar-refractivity contribution is 6.00. The fraction of sp³-hybridized carbons (Fsp3) is 0.438. The van der Waals surface area contributed by atoms with E-state index in [1.165, 1.54) is 18.5 Å². The predicted molar refractivity (Wildman–Crippen MR) is 81.4 cm³/mol. The minimum absolute atomic E-state index is 0.493. The fourth-order valence-corrected chi connectivity index (χ4v) is 2.61. The van der Waals surface area contributed by atoms with Crippen LogP contribution in [0.1, 0.15) is 26.7 Å². The van der Waals surface area contributed by atoms with Gasteiger partial charge in [-0.3, -0.25) is 4.98 Å². The largest absolute Gasteiger partial charge is 0.398 e.